The van der Waals surface area contributed by atoms with Gasteiger partial charge in [0.15, 0.2) is 11.5 Å². The van der Waals surface area contributed by atoms with E-state index in [1.54, 1.807) is 0 Å². The Kier molecular flexibility index (Phi) is 4.07. The summed E-state index contributed by atoms with van der Waals surface area (Å²) in [5.41, 5.74) is 2.50. The molecule has 6 heteroatoms. The molecule has 0 aliphatic carbocycles. The zero-order chi connectivity index (χ0) is 17.6. The summed E-state index contributed by atoms with van der Waals surface area (Å²) in [5.74, 6) is 1.46. The van der Waals surface area contributed by atoms with Crippen LogP contribution in [0, 0.1) is 0 Å². The maximum Gasteiger partial charge on any atom is 0.258 e. The number of hydrogen-bond donors (Lipinski definition) is 1. The molecule has 2 heterocycles. The highest BCUT2D eigenvalue weighted by Crippen LogP contribution is 2.43. The van der Waals surface area contributed by atoms with Gasteiger partial charge in [-0.25, -0.2) is 0 Å². The fraction of sp³-hybridized carbons (Fsp3) is 0.316. The molecule has 0 spiro atoms. The first-order chi connectivity index (χ1) is 12.1. The molecule has 2 aromatic carbocycles. The normalized spacial score (nSPS) is 19.4. The Hall–Kier alpha value is -2.21. The maximum atomic E-state index is 13.2. The molecule has 25 heavy (non-hydrogen) atoms. The van der Waals surface area contributed by atoms with Crippen molar-refractivity contribution in [1.29, 1.82) is 0 Å². The maximum absolute atomic E-state index is 13.2. The van der Waals surface area contributed by atoms with E-state index in [4.69, 9.17) is 9.47 Å². The smallest absolute Gasteiger partial charge is 0.258 e. The summed E-state index contributed by atoms with van der Waals surface area (Å²) in [5, 5.41) is 3.52. The van der Waals surface area contributed by atoms with E-state index in [9.17, 15) is 4.79 Å². The molecular weight excluding hydrogens is 384 g/mol. The summed E-state index contributed by atoms with van der Waals surface area (Å²) in [6.45, 7) is 4.38. The quantitative estimate of drug-likeness (QED) is 0.818. The van der Waals surface area contributed by atoms with Crippen LogP contribution in [0.2, 0.25) is 0 Å². The van der Waals surface area contributed by atoms with Crippen molar-refractivity contribution in [3.63, 3.8) is 0 Å². The molecule has 0 aromatic heterocycles. The number of fused-ring (bicyclic) bond motifs is 2. The molecule has 1 N–H and O–H groups in total. The monoisotopic (exact) mass is 402 g/mol. The fourth-order valence-corrected chi connectivity index (χ4v) is 3.83. The van der Waals surface area contributed by atoms with Gasteiger partial charge in [-0.15, -0.1) is 0 Å². The first-order valence-corrected chi connectivity index (χ1v) is 9.16. The lowest BCUT2D eigenvalue weighted by molar-refractivity contribution is 0.0592. The van der Waals surface area contributed by atoms with Gasteiger partial charge in [-0.1, -0.05) is 35.0 Å². The van der Waals surface area contributed by atoms with Crippen molar-refractivity contribution >= 4 is 27.5 Å². The van der Waals surface area contributed by atoms with Crippen LogP contribution in [0.4, 0.5) is 5.69 Å². The second-order valence-electron chi connectivity index (χ2n) is 6.29. The summed E-state index contributed by atoms with van der Waals surface area (Å²) >= 11 is 3.63. The minimum absolute atomic E-state index is 0.0401. The van der Waals surface area contributed by atoms with Gasteiger partial charge in [-0.3, -0.25) is 4.79 Å². The van der Waals surface area contributed by atoms with Crippen LogP contribution in [0.25, 0.3) is 0 Å². The summed E-state index contributed by atoms with van der Waals surface area (Å²) in [6, 6.07) is 11.6. The van der Waals surface area contributed by atoms with Crippen molar-refractivity contribution in [2.45, 2.75) is 32.5 Å². The Balaban J connectivity index is 1.83. The lowest BCUT2D eigenvalue weighted by Gasteiger charge is -2.41. The van der Waals surface area contributed by atoms with Gasteiger partial charge in [0.05, 0.1) is 5.56 Å². The van der Waals surface area contributed by atoms with Crippen LogP contribution in [-0.2, 0) is 0 Å². The van der Waals surface area contributed by atoms with Gasteiger partial charge >= 0.3 is 0 Å². The SMILES string of the molecule is CC[C@@H](C)N1C(=O)c2ccccc2N[C@H]1c1cc2c(cc1Br)OCO2. The zero-order valence-corrected chi connectivity index (χ0v) is 15.7. The van der Waals surface area contributed by atoms with Crippen LogP contribution in [-0.4, -0.2) is 23.6 Å². The molecule has 0 saturated heterocycles. The van der Waals surface area contributed by atoms with E-state index >= 15 is 0 Å². The van der Waals surface area contributed by atoms with E-state index in [1.807, 2.05) is 41.3 Å². The van der Waals surface area contributed by atoms with Gasteiger partial charge in [-0.2, -0.15) is 0 Å². The van der Waals surface area contributed by atoms with Crippen molar-refractivity contribution in [1.82, 2.24) is 4.90 Å². The lowest BCUT2D eigenvalue weighted by atomic mass is 10.0. The average molecular weight is 403 g/mol. The largest absolute Gasteiger partial charge is 0.454 e. The number of carbonyl (C=O) groups excluding carboxylic acids is 1. The van der Waals surface area contributed by atoms with Crippen LogP contribution in [0.5, 0.6) is 11.5 Å². The van der Waals surface area contributed by atoms with E-state index in [0.29, 0.717) is 17.1 Å². The number of nitrogens with zero attached hydrogens (tertiary/aromatic N) is 1. The Morgan fingerprint density at radius 1 is 1.28 bits per heavy atom. The Labute approximate surface area is 155 Å². The zero-order valence-electron chi connectivity index (χ0n) is 14.1. The summed E-state index contributed by atoms with van der Waals surface area (Å²) in [4.78, 5) is 15.1. The Morgan fingerprint density at radius 2 is 2.00 bits per heavy atom. The van der Waals surface area contributed by atoms with E-state index in [1.165, 1.54) is 0 Å². The number of carbonyl (C=O) groups is 1. The molecule has 0 bridgehead atoms. The second-order valence-corrected chi connectivity index (χ2v) is 7.14. The van der Waals surface area contributed by atoms with Crippen molar-refractivity contribution in [2.24, 2.45) is 0 Å². The standard InChI is InChI=1S/C19H19BrN2O3/c1-3-11(2)22-18(21-15-7-5-4-6-12(15)19(22)23)13-8-16-17(9-14(13)20)25-10-24-16/h4-9,11,18,21H,3,10H2,1-2H3/t11-,18-/m1/s1. The van der Waals surface area contributed by atoms with Gasteiger partial charge in [-0.05, 0) is 37.6 Å². The highest BCUT2D eigenvalue weighted by molar-refractivity contribution is 9.10. The summed E-state index contributed by atoms with van der Waals surface area (Å²) in [7, 11) is 0. The number of benzene rings is 2. The molecule has 130 valence electrons. The summed E-state index contributed by atoms with van der Waals surface area (Å²) in [6.07, 6.45) is 0.593. The van der Waals surface area contributed by atoms with Crippen molar-refractivity contribution < 1.29 is 14.3 Å². The Morgan fingerprint density at radius 3 is 2.76 bits per heavy atom. The van der Waals surface area contributed by atoms with Crippen LogP contribution in [0.15, 0.2) is 40.9 Å². The molecule has 1 amide bonds. The molecule has 0 radical (unpaired) electrons. The number of nitrogens with one attached hydrogen (secondary N) is 1. The van der Waals surface area contributed by atoms with E-state index in [0.717, 1.165) is 22.1 Å². The topological polar surface area (TPSA) is 50.8 Å². The number of halogens is 1. The summed E-state index contributed by atoms with van der Waals surface area (Å²) < 4.78 is 11.9. The van der Waals surface area contributed by atoms with Gasteiger partial charge in [0.1, 0.15) is 6.17 Å². The number of anilines is 1. The van der Waals surface area contributed by atoms with E-state index < -0.39 is 0 Å². The van der Waals surface area contributed by atoms with Crippen LogP contribution < -0.4 is 14.8 Å². The third kappa shape index (κ3) is 2.65. The fourth-order valence-electron chi connectivity index (χ4n) is 3.29. The molecule has 0 fully saturated rings. The predicted octanol–water partition coefficient (Wildman–Crippen LogP) is 4.54. The van der Waals surface area contributed by atoms with E-state index in [2.05, 4.69) is 35.1 Å². The molecular formula is C19H19BrN2O3. The van der Waals surface area contributed by atoms with Gasteiger partial charge < -0.3 is 19.7 Å². The number of rotatable bonds is 3. The first kappa shape index (κ1) is 16.3. The highest BCUT2D eigenvalue weighted by Gasteiger charge is 2.37. The van der Waals surface area contributed by atoms with Gasteiger partial charge in [0, 0.05) is 21.8 Å². The molecule has 2 atom stereocenters. The minimum Gasteiger partial charge on any atom is -0.454 e. The molecule has 2 aliphatic heterocycles. The Bertz CT molecular complexity index is 839. The van der Waals surface area contributed by atoms with Crippen LogP contribution in [0.1, 0.15) is 42.4 Å². The predicted molar refractivity (Wildman–Crippen MR) is 99.0 cm³/mol. The van der Waals surface area contributed by atoms with Gasteiger partial charge in [0.2, 0.25) is 6.79 Å². The average Bonchev–Trinajstić information content (AvgIpc) is 3.07. The molecule has 2 aromatic rings. The molecule has 4 rings (SSSR count). The number of amides is 1. The first-order valence-electron chi connectivity index (χ1n) is 8.37. The number of ether oxygens (including phenoxy) is 2. The van der Waals surface area contributed by atoms with Gasteiger partial charge in [0.25, 0.3) is 5.91 Å². The highest BCUT2D eigenvalue weighted by atomic mass is 79.9. The molecule has 0 saturated carbocycles. The van der Waals surface area contributed by atoms with Crippen molar-refractivity contribution in [3.05, 3.63) is 52.0 Å². The number of hydrogen-bond acceptors (Lipinski definition) is 4. The number of para-hydroxylation sites is 1. The third-order valence-corrected chi connectivity index (χ3v) is 5.50. The second kappa shape index (κ2) is 6.26. The van der Waals surface area contributed by atoms with Crippen LogP contribution >= 0.6 is 15.9 Å². The molecule has 0 unspecified atom stereocenters. The third-order valence-electron chi connectivity index (χ3n) is 4.81. The van der Waals surface area contributed by atoms with Crippen molar-refractivity contribution in [2.75, 3.05) is 12.1 Å². The van der Waals surface area contributed by atoms with Crippen LogP contribution in [0.3, 0.4) is 0 Å². The van der Waals surface area contributed by atoms with E-state index in [-0.39, 0.29) is 24.9 Å². The molecule has 5 nitrogen and oxygen atoms in total. The molecule has 2 aliphatic rings. The lowest BCUT2D eigenvalue weighted by Crippen LogP contribution is -2.47. The van der Waals surface area contributed by atoms with Crippen molar-refractivity contribution in [3.8, 4) is 11.5 Å². The minimum atomic E-state index is -0.277.